The molecule has 0 unspecified atom stereocenters. The molecule has 19 nitrogen and oxygen atoms in total. The molecular formula is C127H161N17O2. The third-order valence-electron chi connectivity index (χ3n) is 27.5. The van der Waals surface area contributed by atoms with E-state index in [2.05, 4.69) is 414 Å². The first-order chi connectivity index (χ1) is 69.6. The fourth-order valence-corrected chi connectivity index (χ4v) is 18.5. The summed E-state index contributed by atoms with van der Waals surface area (Å²) >= 11 is 0. The van der Waals surface area contributed by atoms with E-state index >= 15 is 0 Å². The molecule has 0 saturated carbocycles. The van der Waals surface area contributed by atoms with Crippen LogP contribution in [-0.2, 0) is 52.0 Å². The normalized spacial score (nSPS) is 14.1. The highest BCUT2D eigenvalue weighted by Gasteiger charge is 2.27. The van der Waals surface area contributed by atoms with E-state index in [9.17, 15) is 9.59 Å². The van der Waals surface area contributed by atoms with Crippen molar-refractivity contribution in [1.29, 1.82) is 0 Å². The number of pyridine rings is 2. The van der Waals surface area contributed by atoms with Crippen molar-refractivity contribution in [2.24, 2.45) is 83.4 Å². The van der Waals surface area contributed by atoms with Crippen LogP contribution in [0.15, 0.2) is 266 Å². The number of carbonyl (C=O) groups excluding carboxylic acids is 2. The van der Waals surface area contributed by atoms with Crippen molar-refractivity contribution in [3.8, 4) is 0 Å². The van der Waals surface area contributed by atoms with Crippen molar-refractivity contribution in [3.63, 3.8) is 0 Å². The molecule has 766 valence electrons. The standard InChI is InChI=1S/C17H23N3O.C13H15NO.4C12H15N.2C11H14N2.C11H13N.C10H12N2.C6H10N2/c1-12(2)16-11-14-10-13(4-5-15(14)18-16)17(21)20-8-6-19(3)7-9-20;1-8(2)13-7-11-6-10(9(3)15)4-5-12(11)14-13;2*1-8(2)12-7-10-6-9(3)4-5-11(10)13-12;1-8(2)12-7-10-9(3)5-4-6-11(10)13-12;1-9(2)13-10(3)8-11-6-4-5-7-12(11)13;1-7(2)9-5-10-11(13-9)4-8(3)6-12-10;1-8(2)11-12-9-6-4-5-7-10(9)13(11)3;1-9(2)12-8-7-10-5-3-4-6-11(10)12;1-7(2)9-6-10-8(12-9)4-3-5-11-10;1-6(2)8-5-3-4-7-8/h4-5,10,12H,6-9,11H2,1-3H3;4-6,8H,7H2,1-3H3;3*4-6,8H,7H2,1-3H3;4-9H,1-3H3;4,6-7H,5H2,1-3H3;4-8H,1-3H3;3-9H,1-2H3;3-5,7H,6H2,1-2H3;3-6H,1-2H3. The zero-order valence-electron chi connectivity index (χ0n) is 93.0. The highest BCUT2D eigenvalue weighted by molar-refractivity contribution is 6.02. The molecule has 1 saturated heterocycles. The number of hydrogen-bond acceptors (Lipinski definition) is 14. The summed E-state index contributed by atoms with van der Waals surface area (Å²) in [5, 5.41) is 6.70. The minimum atomic E-state index is 0.121. The number of rotatable bonds is 13. The van der Waals surface area contributed by atoms with Gasteiger partial charge in [-0.3, -0.25) is 59.2 Å². The van der Waals surface area contributed by atoms with E-state index in [1.165, 1.54) is 140 Å². The lowest BCUT2D eigenvalue weighted by Gasteiger charge is -2.32. The van der Waals surface area contributed by atoms with Gasteiger partial charge < -0.3 is 23.5 Å². The number of aryl methyl sites for hydroxylation is 6. The smallest absolute Gasteiger partial charge is 0.253 e. The van der Waals surface area contributed by atoms with Crippen LogP contribution in [0, 0.1) is 76.0 Å². The van der Waals surface area contributed by atoms with E-state index < -0.39 is 0 Å². The molecule has 8 aliphatic rings. The Balaban J connectivity index is 0.000000144. The van der Waals surface area contributed by atoms with Crippen molar-refractivity contribution in [3.05, 3.63) is 315 Å². The summed E-state index contributed by atoms with van der Waals surface area (Å²) in [6, 6.07) is 70.3. The average molecular weight is 1960 g/mol. The van der Waals surface area contributed by atoms with E-state index in [0.29, 0.717) is 65.5 Å². The molecule has 8 aliphatic heterocycles. The van der Waals surface area contributed by atoms with Crippen LogP contribution in [0.3, 0.4) is 0 Å². The van der Waals surface area contributed by atoms with Gasteiger partial charge >= 0.3 is 0 Å². The number of aromatic nitrogens is 8. The van der Waals surface area contributed by atoms with Crippen LogP contribution in [0.25, 0.3) is 32.8 Å². The zero-order chi connectivity index (χ0) is 106. The van der Waals surface area contributed by atoms with E-state index in [4.69, 9.17) is 0 Å². The molecular weight excluding hydrogens is 1800 g/mol. The van der Waals surface area contributed by atoms with Gasteiger partial charge in [-0.2, -0.15) is 5.10 Å². The SMILES string of the molecule is CC(=O)c1ccc2c(c1)CC(C(C)C)=N2.CC(C)C1=Nc2ccc(C(=O)N3CCN(C)CC3)cc2C1.CC(C)C1=Nc2cccnc2C1.CC(C)c1nc2ccccc2n1C.CC(C)n1ccc2ccccc21.CC(C)n1cccn1.Cc1cc2ccccc2n1C(C)C.Cc1ccc2c(c1)CC(C(C)C)=N2.Cc1ccc2c(c1)CC(C(C)C)=N2.Cc1cccc2c1CC(C(C)C)=N2.Cc1cnc2c(c1)N=C(C(C)C)C2. The molecule has 22 rings (SSSR count). The second kappa shape index (κ2) is 51.6. The molecule has 0 bridgehead atoms. The number of carbonyl (C=O) groups is 2. The first-order valence-corrected chi connectivity index (χ1v) is 53.0. The average Bonchev–Trinajstić information content (AvgIpc) is 1.66. The van der Waals surface area contributed by atoms with Crippen LogP contribution in [0.5, 0.6) is 0 Å². The van der Waals surface area contributed by atoms with Gasteiger partial charge in [0.1, 0.15) is 5.82 Å². The number of aliphatic imine (C=N–C) groups is 7. The Morgan fingerprint density at radius 2 is 0.788 bits per heavy atom. The number of imidazole rings is 1. The number of Topliss-reactive ketones (excluding diaryl/α,β-unsaturated/α-hetero) is 1. The molecule has 1 amide bonds. The maximum atomic E-state index is 12.6. The largest absolute Gasteiger partial charge is 0.345 e. The van der Waals surface area contributed by atoms with Gasteiger partial charge in [0.05, 0.1) is 62.2 Å². The number of nitrogens with zero attached hydrogens (tertiary/aromatic N) is 17. The van der Waals surface area contributed by atoms with Gasteiger partial charge in [-0.25, -0.2) is 4.98 Å². The molecule has 1 fully saturated rings. The molecule has 14 aromatic rings. The first kappa shape index (κ1) is 111. The van der Waals surface area contributed by atoms with Crippen LogP contribution in [-0.4, -0.2) is 133 Å². The first-order valence-electron chi connectivity index (χ1n) is 53.0. The lowest BCUT2D eigenvalue weighted by molar-refractivity contribution is 0.0663. The topological polar surface area (TPSA) is 198 Å². The number of likely N-dealkylation sites (N-methyl/N-ethyl adjacent to an activating group) is 1. The number of ketones is 1. The van der Waals surface area contributed by atoms with Crippen LogP contribution in [0.1, 0.15) is 277 Å². The fraction of sp³-hybridized carbons (Fsp3) is 0.409. The molecule has 8 aromatic carbocycles. The molecule has 19 heteroatoms. The van der Waals surface area contributed by atoms with Crippen molar-refractivity contribution >= 4 is 124 Å². The number of hydrogen-bond donors (Lipinski definition) is 0. The minimum Gasteiger partial charge on any atom is -0.345 e. The van der Waals surface area contributed by atoms with Gasteiger partial charge in [-0.15, -0.1) is 0 Å². The van der Waals surface area contributed by atoms with Crippen LogP contribution in [0.4, 0.5) is 39.8 Å². The molecule has 0 aliphatic carbocycles. The molecule has 0 spiro atoms. The van der Waals surface area contributed by atoms with E-state index in [-0.39, 0.29) is 11.7 Å². The van der Waals surface area contributed by atoms with Crippen LogP contribution >= 0.6 is 0 Å². The van der Waals surface area contributed by atoms with Crippen LogP contribution < -0.4 is 0 Å². The van der Waals surface area contributed by atoms with Crippen LogP contribution in [0.2, 0.25) is 0 Å². The Morgan fingerprint density at radius 1 is 0.336 bits per heavy atom. The van der Waals surface area contributed by atoms with Gasteiger partial charge in [-0.05, 0) is 297 Å². The van der Waals surface area contributed by atoms with E-state index in [1.807, 2.05) is 94.9 Å². The molecule has 0 radical (unpaired) electrons. The van der Waals surface area contributed by atoms with Gasteiger partial charge in [0.15, 0.2) is 5.78 Å². The molecule has 0 atom stereocenters. The Hall–Kier alpha value is -13.4. The summed E-state index contributed by atoms with van der Waals surface area (Å²) in [5.41, 5.74) is 38.6. The van der Waals surface area contributed by atoms with Crippen molar-refractivity contribution in [2.45, 2.75) is 263 Å². The van der Waals surface area contributed by atoms with Crippen molar-refractivity contribution in [2.75, 3.05) is 33.2 Å². The maximum Gasteiger partial charge on any atom is 0.253 e. The molecule has 146 heavy (non-hydrogen) atoms. The number of piperazine rings is 1. The number of fused-ring (bicyclic) bond motifs is 10. The highest BCUT2D eigenvalue weighted by atomic mass is 16.2. The quantitative estimate of drug-likeness (QED) is 0.102. The van der Waals surface area contributed by atoms with E-state index in [1.54, 1.807) is 13.1 Å². The predicted octanol–water partition coefficient (Wildman–Crippen LogP) is 31.3. The summed E-state index contributed by atoms with van der Waals surface area (Å²) in [6.45, 7) is 63.8. The fourth-order valence-electron chi connectivity index (χ4n) is 18.5. The molecule has 0 N–H and O–H groups in total. The minimum absolute atomic E-state index is 0.121. The lowest BCUT2D eigenvalue weighted by Crippen LogP contribution is -2.47. The Morgan fingerprint density at radius 3 is 1.27 bits per heavy atom. The van der Waals surface area contributed by atoms with Gasteiger partial charge in [0, 0.05) is 201 Å². The highest BCUT2D eigenvalue weighted by Crippen LogP contribution is 2.38. The van der Waals surface area contributed by atoms with Crippen molar-refractivity contribution < 1.29 is 9.59 Å². The number of amides is 1. The second-order valence-corrected chi connectivity index (χ2v) is 43.1. The number of benzene rings is 8. The predicted molar refractivity (Wildman–Crippen MR) is 619 cm³/mol. The summed E-state index contributed by atoms with van der Waals surface area (Å²) < 4.78 is 8.74. The van der Waals surface area contributed by atoms with E-state index in [0.717, 1.165) is 128 Å². The second-order valence-electron chi connectivity index (χ2n) is 43.1. The summed E-state index contributed by atoms with van der Waals surface area (Å²) in [4.78, 5) is 73.4. The third kappa shape index (κ3) is 29.7. The molecule has 14 heterocycles. The van der Waals surface area contributed by atoms with Gasteiger partial charge in [0.2, 0.25) is 0 Å². The van der Waals surface area contributed by atoms with Gasteiger partial charge in [-0.1, -0.05) is 207 Å². The summed E-state index contributed by atoms with van der Waals surface area (Å²) in [6.07, 6.45) is 16.5. The zero-order valence-corrected chi connectivity index (χ0v) is 93.0. The third-order valence-corrected chi connectivity index (χ3v) is 27.5. The number of para-hydroxylation sites is 4. The molecule has 6 aromatic heterocycles. The monoisotopic (exact) mass is 1960 g/mol. The summed E-state index contributed by atoms with van der Waals surface area (Å²) in [7, 11) is 4.17. The summed E-state index contributed by atoms with van der Waals surface area (Å²) in [5.74, 6) is 5.67. The Kier molecular flexibility index (Phi) is 39.4. The Labute approximate surface area is 871 Å². The van der Waals surface area contributed by atoms with Crippen molar-refractivity contribution in [1.82, 2.24) is 48.2 Å². The van der Waals surface area contributed by atoms with Gasteiger partial charge in [0.25, 0.3) is 5.91 Å². The Bertz CT molecular complexity index is 6970. The lowest BCUT2D eigenvalue weighted by atomic mass is 9.99. The maximum absolute atomic E-state index is 12.6.